The molecule has 3 heteroatoms. The zero-order valence-electron chi connectivity index (χ0n) is 10.8. The summed E-state index contributed by atoms with van der Waals surface area (Å²) in [6.45, 7) is 0. The van der Waals surface area contributed by atoms with Crippen molar-refractivity contribution in [1.29, 1.82) is 0 Å². The Kier molecular flexibility index (Phi) is 2.30. The quantitative estimate of drug-likeness (QED) is 0.732. The first-order valence-corrected chi connectivity index (χ1v) is 6.63. The molecule has 0 bridgehead atoms. The third-order valence-electron chi connectivity index (χ3n) is 4.02. The third-order valence-corrected chi connectivity index (χ3v) is 4.02. The molecule has 0 unspecified atom stereocenters. The van der Waals surface area contributed by atoms with Gasteiger partial charge in [-0.05, 0) is 35.4 Å². The Morgan fingerprint density at radius 1 is 1.00 bits per heavy atom. The lowest BCUT2D eigenvalue weighted by molar-refractivity contribution is 0.0270. The largest absolute Gasteiger partial charge is 0.458 e. The molecule has 2 nitrogen and oxygen atoms in total. The summed E-state index contributed by atoms with van der Waals surface area (Å²) in [6, 6.07) is 14.1. The summed E-state index contributed by atoms with van der Waals surface area (Å²) in [6.07, 6.45) is 1.07. The smallest absolute Gasteiger partial charge is 0.137 e. The molecule has 2 aromatic carbocycles. The second-order valence-corrected chi connectivity index (χ2v) is 5.45. The van der Waals surface area contributed by atoms with Crippen LogP contribution in [0.25, 0.3) is 11.0 Å². The molecular weight excluding hydrogens is 255 g/mol. The molecule has 20 heavy (non-hydrogen) atoms. The Morgan fingerprint density at radius 3 is 2.40 bits per heavy atom. The summed E-state index contributed by atoms with van der Waals surface area (Å²) in [7, 11) is 0. The van der Waals surface area contributed by atoms with E-state index in [1.54, 1.807) is 12.1 Å². The number of fused-ring (bicyclic) bond motifs is 2. The van der Waals surface area contributed by atoms with Crippen molar-refractivity contribution in [2.24, 2.45) is 0 Å². The van der Waals surface area contributed by atoms with Crippen molar-refractivity contribution >= 4 is 11.0 Å². The maximum absolute atomic E-state index is 13.2. The van der Waals surface area contributed by atoms with Crippen LogP contribution in [0.1, 0.15) is 16.9 Å². The Morgan fingerprint density at radius 2 is 1.70 bits per heavy atom. The summed E-state index contributed by atoms with van der Waals surface area (Å²) >= 11 is 0. The molecule has 0 amide bonds. The van der Waals surface area contributed by atoms with Crippen molar-refractivity contribution in [1.82, 2.24) is 0 Å². The zero-order chi connectivity index (χ0) is 13.7. The van der Waals surface area contributed by atoms with Crippen LogP contribution in [0.15, 0.2) is 52.9 Å². The average Bonchev–Trinajstić information content (AvgIpc) is 2.98. The molecule has 1 aliphatic rings. The van der Waals surface area contributed by atoms with Crippen LogP contribution in [-0.4, -0.2) is 5.11 Å². The van der Waals surface area contributed by atoms with Crippen LogP contribution in [0.3, 0.4) is 0 Å². The van der Waals surface area contributed by atoms with E-state index in [0.29, 0.717) is 29.6 Å². The van der Waals surface area contributed by atoms with E-state index in [2.05, 4.69) is 0 Å². The van der Waals surface area contributed by atoms with E-state index in [1.165, 1.54) is 12.1 Å². The van der Waals surface area contributed by atoms with E-state index in [0.717, 1.165) is 11.1 Å². The lowest BCUT2D eigenvalue weighted by Crippen LogP contribution is -2.25. The topological polar surface area (TPSA) is 33.4 Å². The van der Waals surface area contributed by atoms with E-state index < -0.39 is 5.60 Å². The van der Waals surface area contributed by atoms with Crippen molar-refractivity contribution in [3.8, 4) is 0 Å². The molecule has 0 radical (unpaired) electrons. The van der Waals surface area contributed by atoms with Gasteiger partial charge in [0.25, 0.3) is 0 Å². The molecule has 1 N–H and O–H groups in total. The number of benzene rings is 2. The number of hydrogen-bond donors (Lipinski definition) is 1. The van der Waals surface area contributed by atoms with Crippen LogP contribution in [0.2, 0.25) is 0 Å². The van der Waals surface area contributed by atoms with E-state index >= 15 is 0 Å². The number of halogens is 1. The molecule has 0 aliphatic heterocycles. The Balaban J connectivity index is 1.80. The highest BCUT2D eigenvalue weighted by Gasteiger charge is 2.39. The van der Waals surface area contributed by atoms with Crippen LogP contribution in [-0.2, 0) is 18.4 Å². The number of furan rings is 1. The van der Waals surface area contributed by atoms with Gasteiger partial charge in [-0.25, -0.2) is 4.39 Å². The van der Waals surface area contributed by atoms with Crippen LogP contribution < -0.4 is 0 Å². The highest BCUT2D eigenvalue weighted by Crippen LogP contribution is 2.39. The fraction of sp³-hybridized carbons (Fsp3) is 0.176. The van der Waals surface area contributed by atoms with Crippen molar-refractivity contribution in [3.05, 3.63) is 71.2 Å². The molecule has 100 valence electrons. The molecule has 1 aromatic heterocycles. The Labute approximate surface area is 115 Å². The van der Waals surface area contributed by atoms with Crippen molar-refractivity contribution < 1.29 is 13.9 Å². The van der Waals surface area contributed by atoms with Crippen LogP contribution in [0.4, 0.5) is 4.39 Å². The van der Waals surface area contributed by atoms with Gasteiger partial charge in [0, 0.05) is 18.2 Å². The second kappa shape index (κ2) is 3.93. The van der Waals surface area contributed by atoms with Gasteiger partial charge in [-0.1, -0.05) is 24.3 Å². The lowest BCUT2D eigenvalue weighted by atomic mass is 9.97. The van der Waals surface area contributed by atoms with Crippen molar-refractivity contribution in [2.75, 3.05) is 0 Å². The van der Waals surface area contributed by atoms with Crippen LogP contribution in [0.5, 0.6) is 0 Å². The normalized spacial score (nSPS) is 16.5. The summed E-state index contributed by atoms with van der Waals surface area (Å²) in [5.41, 5.74) is 1.85. The number of hydrogen-bond acceptors (Lipinski definition) is 2. The predicted octanol–water partition coefficient (Wildman–Crippen LogP) is 3.56. The minimum absolute atomic E-state index is 0.299. The van der Waals surface area contributed by atoms with Gasteiger partial charge in [-0.3, -0.25) is 0 Å². The van der Waals surface area contributed by atoms with Gasteiger partial charge in [-0.2, -0.15) is 0 Å². The molecule has 0 saturated carbocycles. The summed E-state index contributed by atoms with van der Waals surface area (Å²) in [4.78, 5) is 0. The van der Waals surface area contributed by atoms with Gasteiger partial charge in [0.1, 0.15) is 22.8 Å². The van der Waals surface area contributed by atoms with Gasteiger partial charge in [0.15, 0.2) is 0 Å². The van der Waals surface area contributed by atoms with Crippen LogP contribution in [0, 0.1) is 5.82 Å². The highest BCUT2D eigenvalue weighted by molar-refractivity contribution is 5.78. The maximum atomic E-state index is 13.2. The Hall–Kier alpha value is -2.13. The number of aliphatic hydroxyl groups is 1. The first-order valence-electron chi connectivity index (χ1n) is 6.63. The standard InChI is InChI=1S/C17H13FO2/c18-14-5-6-15-13(7-14)8-16(20-15)17(19)9-11-3-1-2-4-12(11)10-17/h1-8,19H,9-10H2. The van der Waals surface area contributed by atoms with Crippen LogP contribution >= 0.6 is 0 Å². The first kappa shape index (κ1) is 11.7. The lowest BCUT2D eigenvalue weighted by Gasteiger charge is -2.18. The van der Waals surface area contributed by atoms with Crippen molar-refractivity contribution in [2.45, 2.75) is 18.4 Å². The molecule has 1 heterocycles. The molecular formula is C17H13FO2. The fourth-order valence-corrected chi connectivity index (χ4v) is 3.01. The second-order valence-electron chi connectivity index (χ2n) is 5.45. The summed E-state index contributed by atoms with van der Waals surface area (Å²) < 4.78 is 19.0. The maximum Gasteiger partial charge on any atom is 0.137 e. The molecule has 0 fully saturated rings. The Bertz CT molecular complexity index is 779. The fourth-order valence-electron chi connectivity index (χ4n) is 3.01. The molecule has 0 saturated heterocycles. The van der Waals surface area contributed by atoms with Gasteiger partial charge in [0.05, 0.1) is 0 Å². The minimum atomic E-state index is -1.03. The molecule has 0 atom stereocenters. The van der Waals surface area contributed by atoms with Gasteiger partial charge < -0.3 is 9.52 Å². The first-order chi connectivity index (χ1) is 9.64. The summed E-state index contributed by atoms with van der Waals surface area (Å²) in [5.74, 6) is 0.209. The van der Waals surface area contributed by atoms with Gasteiger partial charge >= 0.3 is 0 Å². The van der Waals surface area contributed by atoms with E-state index in [1.807, 2.05) is 24.3 Å². The zero-order valence-corrected chi connectivity index (χ0v) is 10.8. The minimum Gasteiger partial charge on any atom is -0.458 e. The van der Waals surface area contributed by atoms with E-state index in [9.17, 15) is 9.50 Å². The summed E-state index contributed by atoms with van der Waals surface area (Å²) in [5, 5.41) is 11.6. The van der Waals surface area contributed by atoms with E-state index in [4.69, 9.17) is 4.42 Å². The average molecular weight is 268 g/mol. The van der Waals surface area contributed by atoms with Gasteiger partial charge in [0.2, 0.25) is 0 Å². The highest BCUT2D eigenvalue weighted by atomic mass is 19.1. The number of rotatable bonds is 1. The molecule has 0 spiro atoms. The molecule has 1 aliphatic carbocycles. The molecule has 3 aromatic rings. The SMILES string of the molecule is OC1(c2cc3cc(F)ccc3o2)Cc2ccccc2C1. The van der Waals surface area contributed by atoms with Crippen molar-refractivity contribution in [3.63, 3.8) is 0 Å². The van der Waals surface area contributed by atoms with Gasteiger partial charge in [-0.15, -0.1) is 0 Å². The predicted molar refractivity (Wildman–Crippen MR) is 73.9 cm³/mol. The third kappa shape index (κ3) is 1.67. The monoisotopic (exact) mass is 268 g/mol. The van der Waals surface area contributed by atoms with E-state index in [-0.39, 0.29) is 5.82 Å². The molecule has 4 rings (SSSR count).